The van der Waals surface area contributed by atoms with Gasteiger partial charge in [0, 0.05) is 26.6 Å². The molecule has 0 aromatic heterocycles. The summed E-state index contributed by atoms with van der Waals surface area (Å²) in [5.41, 5.74) is 2.21. The van der Waals surface area contributed by atoms with Gasteiger partial charge in [0.2, 0.25) is 11.8 Å². The lowest BCUT2D eigenvalue weighted by Gasteiger charge is -2.13. The molecule has 0 spiro atoms. The number of likely N-dealkylation sites (N-methyl/N-ethyl adjacent to an activating group) is 1. The number of aryl methyl sites for hydroxylation is 1. The van der Waals surface area contributed by atoms with E-state index in [0.717, 1.165) is 11.1 Å². The molecule has 4 amide bonds. The summed E-state index contributed by atoms with van der Waals surface area (Å²) in [6, 6.07) is 7.66. The molecule has 0 aliphatic carbocycles. The summed E-state index contributed by atoms with van der Waals surface area (Å²) in [5.74, 6) is -0.276. The van der Waals surface area contributed by atoms with Gasteiger partial charge in [0.25, 0.3) is 0 Å². The number of imide groups is 1. The van der Waals surface area contributed by atoms with Crippen molar-refractivity contribution in [3.8, 4) is 0 Å². The second-order valence-electron chi connectivity index (χ2n) is 5.55. The summed E-state index contributed by atoms with van der Waals surface area (Å²) < 4.78 is 0. The molecule has 0 saturated carbocycles. The van der Waals surface area contributed by atoms with Gasteiger partial charge in [0.05, 0.1) is 0 Å². The van der Waals surface area contributed by atoms with Crippen LogP contribution in [0.5, 0.6) is 0 Å². The molecule has 0 unspecified atom stereocenters. The van der Waals surface area contributed by atoms with E-state index in [-0.39, 0.29) is 24.4 Å². The van der Waals surface area contributed by atoms with Crippen molar-refractivity contribution in [3.05, 3.63) is 35.4 Å². The lowest BCUT2D eigenvalue weighted by molar-refractivity contribution is -0.126. The van der Waals surface area contributed by atoms with Crippen molar-refractivity contribution >= 4 is 17.8 Å². The van der Waals surface area contributed by atoms with Gasteiger partial charge < -0.3 is 10.2 Å². The number of carbonyl (C=O) groups is 3. The van der Waals surface area contributed by atoms with Gasteiger partial charge in [0.1, 0.15) is 6.54 Å². The molecule has 6 nitrogen and oxygen atoms in total. The number of amides is 4. The highest BCUT2D eigenvalue weighted by Crippen LogP contribution is 2.09. The first-order chi connectivity index (χ1) is 10.5. The maximum Gasteiger partial charge on any atom is 0.326 e. The van der Waals surface area contributed by atoms with Crippen LogP contribution in [0.2, 0.25) is 0 Å². The van der Waals surface area contributed by atoms with Crippen LogP contribution in [-0.2, 0) is 16.1 Å². The Morgan fingerprint density at radius 1 is 1.32 bits per heavy atom. The molecule has 1 N–H and O–H groups in total. The van der Waals surface area contributed by atoms with E-state index in [1.165, 1.54) is 9.80 Å². The van der Waals surface area contributed by atoms with Crippen molar-refractivity contribution in [2.45, 2.75) is 26.3 Å². The highest BCUT2D eigenvalue weighted by atomic mass is 16.2. The highest BCUT2D eigenvalue weighted by molar-refractivity contribution is 6.01. The van der Waals surface area contributed by atoms with Gasteiger partial charge in [-0.1, -0.05) is 29.8 Å². The molecule has 1 aliphatic heterocycles. The van der Waals surface area contributed by atoms with Crippen LogP contribution in [0.25, 0.3) is 0 Å². The molecule has 6 heteroatoms. The molecule has 1 saturated heterocycles. The van der Waals surface area contributed by atoms with Crippen LogP contribution in [0, 0.1) is 6.92 Å². The summed E-state index contributed by atoms with van der Waals surface area (Å²) in [6.45, 7) is 2.91. The predicted molar refractivity (Wildman–Crippen MR) is 82.0 cm³/mol. The van der Waals surface area contributed by atoms with Gasteiger partial charge in [-0.05, 0) is 18.9 Å². The third kappa shape index (κ3) is 4.07. The van der Waals surface area contributed by atoms with Crippen molar-refractivity contribution in [1.29, 1.82) is 0 Å². The molecule has 1 aromatic rings. The number of hydrogen-bond acceptors (Lipinski definition) is 3. The molecule has 0 radical (unpaired) electrons. The standard InChI is InChI=1S/C16H21N3O3/c1-12-5-3-6-13(9-12)10-17-14(20)7-4-8-19-15(21)11-18(2)16(19)22/h3,5-6,9H,4,7-8,10-11H2,1-2H3,(H,17,20). The second kappa shape index (κ2) is 7.06. The molecule has 1 fully saturated rings. The number of benzene rings is 1. The number of nitrogens with one attached hydrogen (secondary N) is 1. The molecule has 2 rings (SSSR count). The van der Waals surface area contributed by atoms with Crippen LogP contribution < -0.4 is 5.32 Å². The Kier molecular flexibility index (Phi) is 5.14. The number of hydrogen-bond donors (Lipinski definition) is 1. The van der Waals surface area contributed by atoms with Crippen molar-refractivity contribution in [2.24, 2.45) is 0 Å². The Labute approximate surface area is 130 Å². The Morgan fingerprint density at radius 2 is 2.09 bits per heavy atom. The smallest absolute Gasteiger partial charge is 0.326 e. The summed E-state index contributed by atoms with van der Waals surface area (Å²) in [4.78, 5) is 37.6. The lowest BCUT2D eigenvalue weighted by atomic mass is 10.1. The van der Waals surface area contributed by atoms with Gasteiger partial charge in [-0.2, -0.15) is 0 Å². The normalized spacial score (nSPS) is 14.6. The van der Waals surface area contributed by atoms with Gasteiger partial charge in [-0.25, -0.2) is 4.79 Å². The number of nitrogens with zero attached hydrogens (tertiary/aromatic N) is 2. The molecule has 1 aromatic carbocycles. The summed E-state index contributed by atoms with van der Waals surface area (Å²) in [7, 11) is 1.59. The average Bonchev–Trinajstić information content (AvgIpc) is 2.71. The van der Waals surface area contributed by atoms with E-state index in [0.29, 0.717) is 25.9 Å². The van der Waals surface area contributed by atoms with Gasteiger partial charge in [-0.3, -0.25) is 14.5 Å². The minimum atomic E-state index is -0.287. The van der Waals surface area contributed by atoms with Crippen LogP contribution in [0.15, 0.2) is 24.3 Å². The second-order valence-corrected chi connectivity index (χ2v) is 5.55. The first-order valence-electron chi connectivity index (χ1n) is 7.35. The van der Waals surface area contributed by atoms with Crippen LogP contribution in [0.3, 0.4) is 0 Å². The Bertz CT molecular complexity index is 586. The third-order valence-corrected chi connectivity index (χ3v) is 3.59. The van der Waals surface area contributed by atoms with Crippen LogP contribution in [0.4, 0.5) is 4.79 Å². The topological polar surface area (TPSA) is 69.7 Å². The Hall–Kier alpha value is -2.37. The van der Waals surface area contributed by atoms with Gasteiger partial charge >= 0.3 is 6.03 Å². The molecule has 22 heavy (non-hydrogen) atoms. The molecular weight excluding hydrogens is 282 g/mol. The monoisotopic (exact) mass is 303 g/mol. The zero-order valence-corrected chi connectivity index (χ0v) is 13.0. The van der Waals surface area contributed by atoms with E-state index in [2.05, 4.69) is 5.32 Å². The fourth-order valence-electron chi connectivity index (χ4n) is 2.40. The molecule has 0 bridgehead atoms. The summed E-state index contributed by atoms with van der Waals surface area (Å²) in [6.07, 6.45) is 0.775. The molecule has 118 valence electrons. The van der Waals surface area contributed by atoms with E-state index in [4.69, 9.17) is 0 Å². The largest absolute Gasteiger partial charge is 0.352 e. The van der Waals surface area contributed by atoms with E-state index in [1.807, 2.05) is 31.2 Å². The zero-order chi connectivity index (χ0) is 16.1. The Balaban J connectivity index is 1.70. The van der Waals surface area contributed by atoms with E-state index < -0.39 is 0 Å². The minimum Gasteiger partial charge on any atom is -0.352 e. The SMILES string of the molecule is Cc1cccc(CNC(=O)CCCN2C(=O)CN(C)C2=O)c1. The molecule has 1 heterocycles. The number of rotatable bonds is 6. The summed E-state index contributed by atoms with van der Waals surface area (Å²) >= 11 is 0. The first-order valence-corrected chi connectivity index (χ1v) is 7.35. The van der Waals surface area contributed by atoms with E-state index in [1.54, 1.807) is 7.05 Å². The number of carbonyl (C=O) groups excluding carboxylic acids is 3. The minimum absolute atomic E-state index is 0.0750. The Morgan fingerprint density at radius 3 is 2.73 bits per heavy atom. The molecule has 0 atom stereocenters. The predicted octanol–water partition coefficient (Wildman–Crippen LogP) is 1.29. The number of urea groups is 1. The maximum absolute atomic E-state index is 11.8. The van der Waals surface area contributed by atoms with Crippen LogP contribution >= 0.6 is 0 Å². The first kappa shape index (κ1) is 16.0. The van der Waals surface area contributed by atoms with E-state index >= 15 is 0 Å². The quantitative estimate of drug-likeness (QED) is 0.805. The average molecular weight is 303 g/mol. The van der Waals surface area contributed by atoms with Crippen molar-refractivity contribution < 1.29 is 14.4 Å². The maximum atomic E-state index is 11.8. The van der Waals surface area contributed by atoms with Crippen molar-refractivity contribution in [3.63, 3.8) is 0 Å². The third-order valence-electron chi connectivity index (χ3n) is 3.59. The van der Waals surface area contributed by atoms with Crippen LogP contribution in [-0.4, -0.2) is 47.8 Å². The zero-order valence-electron chi connectivity index (χ0n) is 13.0. The van der Waals surface area contributed by atoms with Crippen molar-refractivity contribution in [2.75, 3.05) is 20.1 Å². The van der Waals surface area contributed by atoms with Crippen LogP contribution in [0.1, 0.15) is 24.0 Å². The lowest BCUT2D eigenvalue weighted by Crippen LogP contribution is -2.33. The van der Waals surface area contributed by atoms with Gasteiger partial charge in [0.15, 0.2) is 0 Å². The van der Waals surface area contributed by atoms with E-state index in [9.17, 15) is 14.4 Å². The highest BCUT2D eigenvalue weighted by Gasteiger charge is 2.32. The summed E-state index contributed by atoms with van der Waals surface area (Å²) in [5, 5.41) is 2.85. The molecule has 1 aliphatic rings. The van der Waals surface area contributed by atoms with Gasteiger partial charge in [-0.15, -0.1) is 0 Å². The molecular formula is C16H21N3O3. The fourth-order valence-corrected chi connectivity index (χ4v) is 2.40. The fraction of sp³-hybridized carbons (Fsp3) is 0.438. The van der Waals surface area contributed by atoms with Crippen molar-refractivity contribution in [1.82, 2.24) is 15.1 Å².